The van der Waals surface area contributed by atoms with E-state index in [-0.39, 0.29) is 5.91 Å². The van der Waals surface area contributed by atoms with Crippen molar-refractivity contribution >= 4 is 22.7 Å². The van der Waals surface area contributed by atoms with Gasteiger partial charge in [-0.15, -0.1) is 0 Å². The zero-order valence-corrected chi connectivity index (χ0v) is 11.0. The van der Waals surface area contributed by atoms with Gasteiger partial charge in [0.15, 0.2) is 12.0 Å². The van der Waals surface area contributed by atoms with Gasteiger partial charge in [-0.2, -0.15) is 0 Å². The third-order valence-corrected chi connectivity index (χ3v) is 3.17. The third kappa shape index (κ3) is 2.09. The Morgan fingerprint density at radius 3 is 2.83 bits per heavy atom. The summed E-state index contributed by atoms with van der Waals surface area (Å²) in [5.74, 6) is -0.0103. The molecule has 1 N–H and O–H groups in total. The van der Waals surface area contributed by atoms with Gasteiger partial charge in [-0.25, -0.2) is 4.98 Å². The molecule has 2 aromatic rings. The molecule has 0 aliphatic carbocycles. The molecule has 0 saturated heterocycles. The Bertz CT molecular complexity index is 574. The second-order valence-electron chi connectivity index (χ2n) is 4.74. The van der Waals surface area contributed by atoms with Crippen LogP contribution in [-0.2, 0) is 4.79 Å². The minimum Gasteiger partial charge on any atom is -0.443 e. The van der Waals surface area contributed by atoms with E-state index in [9.17, 15) is 4.79 Å². The molecule has 1 amide bonds. The summed E-state index contributed by atoms with van der Waals surface area (Å²) in [6.45, 7) is 3.69. The summed E-state index contributed by atoms with van der Waals surface area (Å²) < 4.78 is 5.24. The molecule has 0 aliphatic rings. The van der Waals surface area contributed by atoms with E-state index in [0.29, 0.717) is 5.58 Å². The number of anilines is 1. The Morgan fingerprint density at radius 1 is 1.44 bits per heavy atom. The summed E-state index contributed by atoms with van der Waals surface area (Å²) in [7, 11) is 3.52. The standard InChI is InChI=1S/C13H17N3O2/c1-13(2,14-3)12(17)16(4)9-5-6-10-11(7-9)18-8-15-10/h5-8,14H,1-4H3. The predicted octanol–water partition coefficient (Wildman–Crippen LogP) is 1.79. The molecule has 1 aromatic carbocycles. The number of carbonyl (C=O) groups is 1. The Hall–Kier alpha value is -1.88. The van der Waals surface area contributed by atoms with Gasteiger partial charge in [0.05, 0.1) is 5.54 Å². The third-order valence-electron chi connectivity index (χ3n) is 3.17. The van der Waals surface area contributed by atoms with Gasteiger partial charge in [-0.05, 0) is 33.0 Å². The molecule has 18 heavy (non-hydrogen) atoms. The van der Waals surface area contributed by atoms with Crippen molar-refractivity contribution in [2.45, 2.75) is 19.4 Å². The van der Waals surface area contributed by atoms with Crippen LogP contribution < -0.4 is 10.2 Å². The summed E-state index contributed by atoms with van der Waals surface area (Å²) in [6.07, 6.45) is 1.40. The summed E-state index contributed by atoms with van der Waals surface area (Å²) in [4.78, 5) is 17.9. The highest BCUT2D eigenvalue weighted by atomic mass is 16.3. The Kier molecular flexibility index (Phi) is 3.09. The van der Waals surface area contributed by atoms with Crippen LogP contribution in [0.5, 0.6) is 0 Å². The second kappa shape index (κ2) is 4.42. The Balaban J connectivity index is 2.33. The summed E-state index contributed by atoms with van der Waals surface area (Å²) >= 11 is 0. The molecule has 0 aliphatic heterocycles. The van der Waals surface area contributed by atoms with Crippen molar-refractivity contribution in [1.82, 2.24) is 10.3 Å². The lowest BCUT2D eigenvalue weighted by atomic mass is 10.0. The lowest BCUT2D eigenvalue weighted by Crippen LogP contribution is -2.51. The van der Waals surface area contributed by atoms with Gasteiger partial charge in [-0.3, -0.25) is 4.79 Å². The zero-order chi connectivity index (χ0) is 13.3. The molecule has 5 heteroatoms. The number of nitrogens with one attached hydrogen (secondary N) is 1. The maximum absolute atomic E-state index is 12.3. The van der Waals surface area contributed by atoms with Crippen LogP contribution in [0.25, 0.3) is 11.1 Å². The van der Waals surface area contributed by atoms with E-state index < -0.39 is 5.54 Å². The van der Waals surface area contributed by atoms with Crippen LogP contribution in [0.4, 0.5) is 5.69 Å². The van der Waals surface area contributed by atoms with Gasteiger partial charge >= 0.3 is 0 Å². The molecule has 0 saturated carbocycles. The first-order valence-corrected chi connectivity index (χ1v) is 5.76. The van der Waals surface area contributed by atoms with E-state index in [1.54, 1.807) is 19.0 Å². The Morgan fingerprint density at radius 2 is 2.17 bits per heavy atom. The Labute approximate surface area is 106 Å². The lowest BCUT2D eigenvalue weighted by Gasteiger charge is -2.28. The van der Waals surface area contributed by atoms with Crippen LogP contribution in [0, 0.1) is 0 Å². The quantitative estimate of drug-likeness (QED) is 0.898. The van der Waals surface area contributed by atoms with Crippen LogP contribution in [0.15, 0.2) is 29.0 Å². The highest BCUT2D eigenvalue weighted by molar-refractivity contribution is 6.00. The minimum atomic E-state index is -0.606. The van der Waals surface area contributed by atoms with Gasteiger partial charge in [-0.1, -0.05) is 0 Å². The van der Waals surface area contributed by atoms with Gasteiger partial charge in [0.1, 0.15) is 5.52 Å². The number of carbonyl (C=O) groups excluding carboxylic acids is 1. The van der Waals surface area contributed by atoms with Crippen LogP contribution >= 0.6 is 0 Å². The lowest BCUT2D eigenvalue weighted by molar-refractivity contribution is -0.123. The van der Waals surface area contributed by atoms with E-state index >= 15 is 0 Å². The molecule has 0 radical (unpaired) electrons. The van der Waals surface area contributed by atoms with Crippen LogP contribution in [-0.4, -0.2) is 30.5 Å². The summed E-state index contributed by atoms with van der Waals surface area (Å²) in [6, 6.07) is 5.50. The maximum atomic E-state index is 12.3. The van der Waals surface area contributed by atoms with Gasteiger partial charge in [0.25, 0.3) is 0 Å². The van der Waals surface area contributed by atoms with Crippen molar-refractivity contribution in [3.63, 3.8) is 0 Å². The second-order valence-corrected chi connectivity index (χ2v) is 4.74. The highest BCUT2D eigenvalue weighted by Crippen LogP contribution is 2.22. The zero-order valence-electron chi connectivity index (χ0n) is 11.0. The van der Waals surface area contributed by atoms with Crippen LogP contribution in [0.1, 0.15) is 13.8 Å². The number of likely N-dealkylation sites (N-methyl/N-ethyl adjacent to an activating group) is 2. The molecule has 0 unspecified atom stereocenters. The first kappa shape index (κ1) is 12.6. The first-order chi connectivity index (χ1) is 8.45. The van der Waals surface area contributed by atoms with Crippen LogP contribution in [0.3, 0.4) is 0 Å². The number of fused-ring (bicyclic) bond motifs is 1. The molecule has 1 heterocycles. The van der Waals surface area contributed by atoms with Crippen molar-refractivity contribution in [3.8, 4) is 0 Å². The fraction of sp³-hybridized carbons (Fsp3) is 0.385. The van der Waals surface area contributed by atoms with E-state index in [4.69, 9.17) is 4.42 Å². The topological polar surface area (TPSA) is 58.4 Å². The number of rotatable bonds is 3. The molecule has 0 atom stereocenters. The van der Waals surface area contributed by atoms with Crippen molar-refractivity contribution in [3.05, 3.63) is 24.6 Å². The summed E-state index contributed by atoms with van der Waals surface area (Å²) in [5, 5.41) is 3.00. The molecule has 96 valence electrons. The number of hydrogen-bond acceptors (Lipinski definition) is 4. The van der Waals surface area contributed by atoms with Crippen LogP contribution in [0.2, 0.25) is 0 Å². The average Bonchev–Trinajstić information content (AvgIpc) is 2.84. The summed E-state index contributed by atoms with van der Waals surface area (Å²) in [5.41, 5.74) is 1.64. The highest BCUT2D eigenvalue weighted by Gasteiger charge is 2.29. The first-order valence-electron chi connectivity index (χ1n) is 5.76. The van der Waals surface area contributed by atoms with E-state index in [1.165, 1.54) is 6.39 Å². The molecule has 2 rings (SSSR count). The van der Waals surface area contributed by atoms with E-state index in [1.807, 2.05) is 32.0 Å². The molecular formula is C13H17N3O2. The van der Waals surface area contributed by atoms with Gasteiger partial charge in [0.2, 0.25) is 5.91 Å². The predicted molar refractivity (Wildman–Crippen MR) is 70.6 cm³/mol. The van der Waals surface area contributed by atoms with Crippen molar-refractivity contribution in [1.29, 1.82) is 0 Å². The van der Waals surface area contributed by atoms with Crippen molar-refractivity contribution in [2.24, 2.45) is 0 Å². The largest absolute Gasteiger partial charge is 0.443 e. The fourth-order valence-electron chi connectivity index (χ4n) is 1.70. The number of nitrogens with zero attached hydrogens (tertiary/aromatic N) is 2. The van der Waals surface area contributed by atoms with Crippen molar-refractivity contribution in [2.75, 3.05) is 19.0 Å². The van der Waals surface area contributed by atoms with Crippen molar-refractivity contribution < 1.29 is 9.21 Å². The van der Waals surface area contributed by atoms with Gasteiger partial charge < -0.3 is 14.6 Å². The van der Waals surface area contributed by atoms with E-state index in [0.717, 1.165) is 11.2 Å². The minimum absolute atomic E-state index is 0.0103. The molecule has 5 nitrogen and oxygen atoms in total. The number of amides is 1. The van der Waals surface area contributed by atoms with Gasteiger partial charge in [0, 0.05) is 18.8 Å². The number of benzene rings is 1. The average molecular weight is 247 g/mol. The molecular weight excluding hydrogens is 230 g/mol. The molecule has 0 spiro atoms. The monoisotopic (exact) mass is 247 g/mol. The molecule has 0 fully saturated rings. The molecule has 1 aromatic heterocycles. The smallest absolute Gasteiger partial charge is 0.246 e. The fourth-order valence-corrected chi connectivity index (χ4v) is 1.70. The number of hydrogen-bond donors (Lipinski definition) is 1. The van der Waals surface area contributed by atoms with E-state index in [2.05, 4.69) is 10.3 Å². The maximum Gasteiger partial charge on any atom is 0.246 e. The molecule has 0 bridgehead atoms. The number of oxazole rings is 1. The SMILES string of the molecule is CNC(C)(C)C(=O)N(C)c1ccc2ncoc2c1. The normalized spacial score (nSPS) is 11.8. The number of aromatic nitrogens is 1.